The van der Waals surface area contributed by atoms with Gasteiger partial charge in [0.25, 0.3) is 0 Å². The van der Waals surface area contributed by atoms with Crippen molar-refractivity contribution in [1.29, 1.82) is 0 Å². The Morgan fingerprint density at radius 3 is 2.42 bits per heavy atom. The lowest BCUT2D eigenvalue weighted by molar-refractivity contribution is -0.131. The van der Waals surface area contributed by atoms with E-state index in [1.807, 2.05) is 0 Å². The largest absolute Gasteiger partial charge is 0.324 e. The number of likely N-dealkylation sites (N-methyl/N-ethyl adjacent to an activating group) is 1. The van der Waals surface area contributed by atoms with Crippen molar-refractivity contribution >= 4 is 5.91 Å². The average Bonchev–Trinajstić information content (AvgIpc) is 2.62. The third kappa shape index (κ3) is 4.46. The molecule has 1 rings (SSSR count). The Bertz CT molecular complexity index is 291. The minimum atomic E-state index is -0.00400. The number of nitrogens with one attached hydrogen (secondary N) is 1. The maximum atomic E-state index is 12.5. The Balaban J connectivity index is 2.68. The predicted molar refractivity (Wildman–Crippen MR) is 79.9 cm³/mol. The van der Waals surface area contributed by atoms with Crippen LogP contribution in [0.5, 0.6) is 0 Å². The van der Waals surface area contributed by atoms with Crippen molar-refractivity contribution in [2.75, 3.05) is 26.7 Å². The van der Waals surface area contributed by atoms with E-state index < -0.39 is 0 Å². The summed E-state index contributed by atoms with van der Waals surface area (Å²) >= 11 is 0. The Hall–Kier alpha value is -0.610. The van der Waals surface area contributed by atoms with Gasteiger partial charge >= 0.3 is 0 Å². The molecule has 19 heavy (non-hydrogen) atoms. The molecule has 2 atom stereocenters. The lowest BCUT2D eigenvalue weighted by Crippen LogP contribution is -2.42. The molecule has 0 bridgehead atoms. The SMILES string of the molecule is CCN(C)CCN1C(=O)C(C(C)C)NC1CC(C)C. The van der Waals surface area contributed by atoms with Crippen LogP contribution in [0.1, 0.15) is 41.0 Å². The van der Waals surface area contributed by atoms with E-state index in [2.05, 4.69) is 56.8 Å². The lowest BCUT2D eigenvalue weighted by Gasteiger charge is -2.27. The van der Waals surface area contributed by atoms with Crippen LogP contribution in [-0.2, 0) is 4.79 Å². The quantitative estimate of drug-likeness (QED) is 0.765. The van der Waals surface area contributed by atoms with Gasteiger partial charge in [-0.1, -0.05) is 34.6 Å². The molecule has 2 unspecified atom stereocenters. The highest BCUT2D eigenvalue weighted by atomic mass is 16.2. The van der Waals surface area contributed by atoms with Gasteiger partial charge in [-0.3, -0.25) is 10.1 Å². The summed E-state index contributed by atoms with van der Waals surface area (Å²) in [7, 11) is 2.10. The van der Waals surface area contributed by atoms with Gasteiger partial charge in [0.2, 0.25) is 5.91 Å². The van der Waals surface area contributed by atoms with E-state index in [0.29, 0.717) is 11.8 Å². The van der Waals surface area contributed by atoms with Gasteiger partial charge in [0, 0.05) is 13.1 Å². The van der Waals surface area contributed by atoms with Crippen LogP contribution in [0.15, 0.2) is 0 Å². The number of carbonyl (C=O) groups excluding carboxylic acids is 1. The van der Waals surface area contributed by atoms with Crippen LogP contribution in [0.3, 0.4) is 0 Å². The monoisotopic (exact) mass is 269 g/mol. The maximum Gasteiger partial charge on any atom is 0.241 e. The second kappa shape index (κ2) is 7.25. The molecule has 0 aromatic heterocycles. The Morgan fingerprint density at radius 2 is 1.95 bits per heavy atom. The number of nitrogens with zero attached hydrogens (tertiary/aromatic N) is 2. The zero-order valence-corrected chi connectivity index (χ0v) is 13.4. The standard InChI is InChI=1S/C15H31N3O/c1-7-17(6)8-9-18-13(10-11(2)3)16-14(12(4)5)15(18)19/h11-14,16H,7-10H2,1-6H3. The summed E-state index contributed by atoms with van der Waals surface area (Å²) in [4.78, 5) is 16.8. The molecule has 0 aromatic carbocycles. The summed E-state index contributed by atoms with van der Waals surface area (Å²) in [6, 6.07) is -0.00400. The second-order valence-electron chi connectivity index (χ2n) is 6.46. The summed E-state index contributed by atoms with van der Waals surface area (Å²) in [6.07, 6.45) is 1.25. The van der Waals surface area contributed by atoms with Gasteiger partial charge in [0.15, 0.2) is 0 Å². The highest BCUT2D eigenvalue weighted by Gasteiger charge is 2.39. The van der Waals surface area contributed by atoms with Crippen molar-refractivity contribution in [1.82, 2.24) is 15.1 Å². The van der Waals surface area contributed by atoms with Crippen LogP contribution in [0, 0.1) is 11.8 Å². The maximum absolute atomic E-state index is 12.5. The number of carbonyl (C=O) groups is 1. The average molecular weight is 269 g/mol. The predicted octanol–water partition coefficient (Wildman–Crippen LogP) is 1.77. The minimum absolute atomic E-state index is 0.00400. The van der Waals surface area contributed by atoms with Crippen molar-refractivity contribution in [3.63, 3.8) is 0 Å². The fourth-order valence-corrected chi connectivity index (χ4v) is 2.52. The van der Waals surface area contributed by atoms with Gasteiger partial charge in [-0.05, 0) is 31.8 Å². The van der Waals surface area contributed by atoms with Crippen molar-refractivity contribution in [2.24, 2.45) is 11.8 Å². The molecule has 4 nitrogen and oxygen atoms in total. The van der Waals surface area contributed by atoms with E-state index >= 15 is 0 Å². The number of hydrogen-bond donors (Lipinski definition) is 1. The topological polar surface area (TPSA) is 35.6 Å². The smallest absolute Gasteiger partial charge is 0.241 e. The number of rotatable bonds is 7. The van der Waals surface area contributed by atoms with E-state index in [1.54, 1.807) is 0 Å². The minimum Gasteiger partial charge on any atom is -0.324 e. The Morgan fingerprint density at radius 1 is 1.32 bits per heavy atom. The Labute approximate surface area is 118 Å². The van der Waals surface area contributed by atoms with Gasteiger partial charge in [0.05, 0.1) is 12.2 Å². The van der Waals surface area contributed by atoms with Crippen molar-refractivity contribution in [3.05, 3.63) is 0 Å². The van der Waals surface area contributed by atoms with Crippen LogP contribution in [0.4, 0.5) is 0 Å². The lowest BCUT2D eigenvalue weighted by atomic mass is 10.0. The van der Waals surface area contributed by atoms with Crippen LogP contribution in [0.25, 0.3) is 0 Å². The molecular formula is C15H31N3O. The molecule has 0 aromatic rings. The van der Waals surface area contributed by atoms with Crippen molar-refractivity contribution in [3.8, 4) is 0 Å². The zero-order valence-electron chi connectivity index (χ0n) is 13.4. The molecule has 1 aliphatic rings. The zero-order chi connectivity index (χ0) is 14.6. The van der Waals surface area contributed by atoms with Crippen molar-refractivity contribution < 1.29 is 4.79 Å². The molecule has 0 saturated carbocycles. The third-order valence-corrected chi connectivity index (χ3v) is 3.92. The van der Waals surface area contributed by atoms with Crippen LogP contribution in [-0.4, -0.2) is 54.6 Å². The fourth-order valence-electron chi connectivity index (χ4n) is 2.52. The van der Waals surface area contributed by atoms with Gasteiger partial charge in [0.1, 0.15) is 0 Å². The van der Waals surface area contributed by atoms with Gasteiger partial charge in [-0.2, -0.15) is 0 Å². The molecule has 1 amide bonds. The molecule has 1 saturated heterocycles. The van der Waals surface area contributed by atoms with Gasteiger partial charge < -0.3 is 9.80 Å². The number of amides is 1. The number of hydrogen-bond acceptors (Lipinski definition) is 3. The highest BCUT2D eigenvalue weighted by molar-refractivity contribution is 5.84. The molecule has 0 spiro atoms. The normalized spacial score (nSPS) is 24.3. The second-order valence-corrected chi connectivity index (χ2v) is 6.46. The van der Waals surface area contributed by atoms with Crippen LogP contribution in [0.2, 0.25) is 0 Å². The first kappa shape index (κ1) is 16.4. The third-order valence-electron chi connectivity index (χ3n) is 3.92. The summed E-state index contributed by atoms with van der Waals surface area (Å²) in [5.41, 5.74) is 0. The molecule has 0 radical (unpaired) electrons. The molecular weight excluding hydrogens is 238 g/mol. The molecule has 1 fully saturated rings. The molecule has 0 aliphatic carbocycles. The van der Waals surface area contributed by atoms with E-state index in [0.717, 1.165) is 26.1 Å². The summed E-state index contributed by atoms with van der Waals surface area (Å²) in [5, 5.41) is 3.52. The summed E-state index contributed by atoms with van der Waals surface area (Å²) in [6.45, 7) is 13.6. The molecule has 4 heteroatoms. The van der Waals surface area contributed by atoms with Crippen LogP contribution < -0.4 is 5.32 Å². The molecule has 1 aliphatic heterocycles. The molecule has 1 N–H and O–H groups in total. The van der Waals surface area contributed by atoms with Gasteiger partial charge in [-0.15, -0.1) is 0 Å². The fraction of sp³-hybridized carbons (Fsp3) is 0.933. The van der Waals surface area contributed by atoms with Gasteiger partial charge in [-0.25, -0.2) is 0 Å². The summed E-state index contributed by atoms with van der Waals surface area (Å²) < 4.78 is 0. The first-order chi connectivity index (χ1) is 8.86. The summed E-state index contributed by atoms with van der Waals surface area (Å²) in [5.74, 6) is 1.24. The van der Waals surface area contributed by atoms with E-state index in [9.17, 15) is 4.79 Å². The highest BCUT2D eigenvalue weighted by Crippen LogP contribution is 2.21. The molecule has 1 heterocycles. The first-order valence-electron chi connectivity index (χ1n) is 7.61. The van der Waals surface area contributed by atoms with Crippen molar-refractivity contribution in [2.45, 2.75) is 53.2 Å². The molecule has 112 valence electrons. The van der Waals surface area contributed by atoms with E-state index in [-0.39, 0.29) is 18.1 Å². The first-order valence-corrected chi connectivity index (χ1v) is 7.61. The van der Waals surface area contributed by atoms with E-state index in [1.165, 1.54) is 0 Å². The Kier molecular flexibility index (Phi) is 6.27. The van der Waals surface area contributed by atoms with E-state index in [4.69, 9.17) is 0 Å². The van der Waals surface area contributed by atoms with Crippen LogP contribution >= 0.6 is 0 Å².